The number of nitrogens with one attached hydrogen (secondary N) is 2. The second-order valence-electron chi connectivity index (χ2n) is 3.90. The molecule has 20 heavy (non-hydrogen) atoms. The van der Waals surface area contributed by atoms with Crippen LogP contribution in [-0.4, -0.2) is 45.8 Å². The van der Waals surface area contributed by atoms with E-state index in [1.165, 1.54) is 0 Å². The molecular formula is C13H20N4O3. The summed E-state index contributed by atoms with van der Waals surface area (Å²) in [5, 5.41) is 5.53. The van der Waals surface area contributed by atoms with Gasteiger partial charge in [-0.15, -0.1) is 0 Å². The minimum atomic E-state index is -0.211. The number of amides is 1. The molecule has 0 fully saturated rings. The van der Waals surface area contributed by atoms with Crippen molar-refractivity contribution in [2.24, 2.45) is 10.7 Å². The SMILES string of the molecule is COCCNC(=O)CN=C(N)Nc1cccc(OC)c1. The first-order valence-electron chi connectivity index (χ1n) is 6.12. The summed E-state index contributed by atoms with van der Waals surface area (Å²) in [5.41, 5.74) is 6.43. The zero-order chi connectivity index (χ0) is 14.8. The summed E-state index contributed by atoms with van der Waals surface area (Å²) < 4.78 is 9.91. The van der Waals surface area contributed by atoms with Gasteiger partial charge < -0.3 is 25.8 Å². The Bertz CT molecular complexity index is 463. The number of methoxy groups -OCH3 is 2. The van der Waals surface area contributed by atoms with Crippen molar-refractivity contribution in [2.75, 3.05) is 39.2 Å². The van der Waals surface area contributed by atoms with E-state index in [9.17, 15) is 4.79 Å². The van der Waals surface area contributed by atoms with Crippen molar-refractivity contribution in [2.45, 2.75) is 0 Å². The maximum absolute atomic E-state index is 11.4. The average Bonchev–Trinajstić information content (AvgIpc) is 2.45. The molecule has 0 aliphatic rings. The molecule has 1 aromatic rings. The number of hydrogen-bond acceptors (Lipinski definition) is 4. The van der Waals surface area contributed by atoms with E-state index >= 15 is 0 Å². The highest BCUT2D eigenvalue weighted by atomic mass is 16.5. The van der Waals surface area contributed by atoms with Crippen LogP contribution in [0, 0.1) is 0 Å². The minimum Gasteiger partial charge on any atom is -0.497 e. The van der Waals surface area contributed by atoms with Crippen molar-refractivity contribution in [3.8, 4) is 5.75 Å². The molecule has 0 saturated heterocycles. The number of rotatable bonds is 7. The molecule has 0 unspecified atom stereocenters. The number of guanidine groups is 1. The molecule has 0 spiro atoms. The van der Waals surface area contributed by atoms with Gasteiger partial charge in [0.05, 0.1) is 13.7 Å². The van der Waals surface area contributed by atoms with Crippen LogP contribution in [0.25, 0.3) is 0 Å². The first-order valence-corrected chi connectivity index (χ1v) is 6.12. The predicted molar refractivity (Wildman–Crippen MR) is 78.0 cm³/mol. The average molecular weight is 280 g/mol. The van der Waals surface area contributed by atoms with Crippen molar-refractivity contribution in [3.05, 3.63) is 24.3 Å². The number of hydrogen-bond donors (Lipinski definition) is 3. The molecule has 0 bridgehead atoms. The first-order chi connectivity index (χ1) is 9.65. The summed E-state index contributed by atoms with van der Waals surface area (Å²) in [6, 6.07) is 7.25. The molecule has 0 aromatic heterocycles. The zero-order valence-electron chi connectivity index (χ0n) is 11.7. The van der Waals surface area contributed by atoms with Gasteiger partial charge in [0.25, 0.3) is 0 Å². The van der Waals surface area contributed by atoms with Gasteiger partial charge in [0.2, 0.25) is 5.91 Å². The van der Waals surface area contributed by atoms with Gasteiger partial charge in [0, 0.05) is 25.4 Å². The van der Waals surface area contributed by atoms with Gasteiger partial charge in [-0.3, -0.25) is 4.79 Å². The van der Waals surface area contributed by atoms with Crippen molar-refractivity contribution < 1.29 is 14.3 Å². The second-order valence-corrected chi connectivity index (χ2v) is 3.90. The smallest absolute Gasteiger partial charge is 0.241 e. The molecule has 7 nitrogen and oxygen atoms in total. The largest absolute Gasteiger partial charge is 0.497 e. The monoisotopic (exact) mass is 280 g/mol. The molecule has 0 heterocycles. The van der Waals surface area contributed by atoms with E-state index in [-0.39, 0.29) is 18.4 Å². The highest BCUT2D eigenvalue weighted by molar-refractivity contribution is 5.94. The molecule has 0 saturated carbocycles. The Morgan fingerprint density at radius 1 is 1.40 bits per heavy atom. The third-order valence-corrected chi connectivity index (χ3v) is 2.36. The Kier molecular flexibility index (Phi) is 6.91. The normalized spacial score (nSPS) is 11.0. The molecule has 1 rings (SSSR count). The Morgan fingerprint density at radius 2 is 2.20 bits per heavy atom. The van der Waals surface area contributed by atoms with E-state index in [2.05, 4.69) is 15.6 Å². The van der Waals surface area contributed by atoms with Gasteiger partial charge in [-0.2, -0.15) is 0 Å². The van der Waals surface area contributed by atoms with Crippen LogP contribution in [-0.2, 0) is 9.53 Å². The number of carbonyl (C=O) groups excluding carboxylic acids is 1. The summed E-state index contributed by atoms with van der Waals surface area (Å²) in [4.78, 5) is 15.3. The lowest BCUT2D eigenvalue weighted by Crippen LogP contribution is -2.31. The lowest BCUT2D eigenvalue weighted by molar-refractivity contribution is -0.119. The van der Waals surface area contributed by atoms with Crippen LogP contribution < -0.4 is 21.1 Å². The van der Waals surface area contributed by atoms with Crippen LogP contribution in [0.3, 0.4) is 0 Å². The molecule has 0 aliphatic carbocycles. The highest BCUT2D eigenvalue weighted by Crippen LogP contribution is 2.16. The first kappa shape index (κ1) is 15.8. The maximum atomic E-state index is 11.4. The van der Waals surface area contributed by atoms with Crippen molar-refractivity contribution in [1.82, 2.24) is 5.32 Å². The fraction of sp³-hybridized carbons (Fsp3) is 0.385. The molecule has 1 amide bonds. The standard InChI is InChI=1S/C13H20N4O3/c1-19-7-6-15-12(18)9-16-13(14)17-10-4-3-5-11(8-10)20-2/h3-5,8H,6-7,9H2,1-2H3,(H,15,18)(H3,14,16,17). The number of benzene rings is 1. The number of ether oxygens (including phenoxy) is 2. The summed E-state index contributed by atoms with van der Waals surface area (Å²) in [6.07, 6.45) is 0. The third-order valence-electron chi connectivity index (χ3n) is 2.36. The van der Waals surface area contributed by atoms with Gasteiger partial charge in [-0.25, -0.2) is 4.99 Å². The minimum absolute atomic E-state index is 0.0352. The fourth-order valence-corrected chi connectivity index (χ4v) is 1.39. The van der Waals surface area contributed by atoms with Crippen molar-refractivity contribution >= 4 is 17.6 Å². The maximum Gasteiger partial charge on any atom is 0.241 e. The van der Waals surface area contributed by atoms with Crippen LogP contribution in [0.4, 0.5) is 5.69 Å². The number of nitrogens with zero attached hydrogens (tertiary/aromatic N) is 1. The van der Waals surface area contributed by atoms with E-state index in [1.807, 2.05) is 18.2 Å². The summed E-state index contributed by atoms with van der Waals surface area (Å²) >= 11 is 0. The van der Waals surface area contributed by atoms with Gasteiger partial charge in [0.1, 0.15) is 12.3 Å². The molecule has 4 N–H and O–H groups in total. The summed E-state index contributed by atoms with van der Waals surface area (Å²) in [7, 11) is 3.15. The van der Waals surface area contributed by atoms with E-state index in [0.717, 1.165) is 5.69 Å². The fourth-order valence-electron chi connectivity index (χ4n) is 1.39. The molecular weight excluding hydrogens is 260 g/mol. The zero-order valence-corrected chi connectivity index (χ0v) is 11.7. The lowest BCUT2D eigenvalue weighted by atomic mass is 10.3. The Morgan fingerprint density at radius 3 is 2.90 bits per heavy atom. The van der Waals surface area contributed by atoms with E-state index in [0.29, 0.717) is 18.9 Å². The molecule has 0 radical (unpaired) electrons. The van der Waals surface area contributed by atoms with Crippen LogP contribution in [0.1, 0.15) is 0 Å². The molecule has 0 aliphatic heterocycles. The van der Waals surface area contributed by atoms with Crippen LogP contribution in [0.15, 0.2) is 29.3 Å². The third kappa shape index (κ3) is 6.05. The number of nitrogens with two attached hydrogens (primary N) is 1. The predicted octanol–water partition coefficient (Wildman–Crippen LogP) is 0.184. The van der Waals surface area contributed by atoms with E-state index in [4.69, 9.17) is 15.2 Å². The Balaban J connectivity index is 2.42. The van der Waals surface area contributed by atoms with Crippen LogP contribution >= 0.6 is 0 Å². The highest BCUT2D eigenvalue weighted by Gasteiger charge is 2.01. The quantitative estimate of drug-likeness (QED) is 0.376. The topological polar surface area (TPSA) is 98.0 Å². The van der Waals surface area contributed by atoms with Gasteiger partial charge in [-0.1, -0.05) is 6.07 Å². The van der Waals surface area contributed by atoms with Gasteiger partial charge in [0.15, 0.2) is 5.96 Å². The van der Waals surface area contributed by atoms with Crippen LogP contribution in [0.5, 0.6) is 5.75 Å². The van der Waals surface area contributed by atoms with E-state index in [1.54, 1.807) is 20.3 Å². The molecule has 7 heteroatoms. The second kappa shape index (κ2) is 8.76. The summed E-state index contributed by atoms with van der Waals surface area (Å²) in [6.45, 7) is 0.883. The number of anilines is 1. The lowest BCUT2D eigenvalue weighted by Gasteiger charge is -2.07. The number of carbonyl (C=O) groups is 1. The Labute approximate surface area is 118 Å². The Hall–Kier alpha value is -2.28. The molecule has 0 atom stereocenters. The van der Waals surface area contributed by atoms with Crippen molar-refractivity contribution in [3.63, 3.8) is 0 Å². The van der Waals surface area contributed by atoms with Crippen LogP contribution in [0.2, 0.25) is 0 Å². The molecule has 110 valence electrons. The van der Waals surface area contributed by atoms with Gasteiger partial charge in [-0.05, 0) is 12.1 Å². The van der Waals surface area contributed by atoms with Gasteiger partial charge >= 0.3 is 0 Å². The number of aliphatic imine (C=N–C) groups is 1. The van der Waals surface area contributed by atoms with Crippen molar-refractivity contribution in [1.29, 1.82) is 0 Å². The van der Waals surface area contributed by atoms with E-state index < -0.39 is 0 Å². The molecule has 1 aromatic carbocycles. The summed E-state index contributed by atoms with van der Waals surface area (Å²) in [5.74, 6) is 0.665.